The Hall–Kier alpha value is -7.96. The Bertz CT molecular complexity index is 3230. The lowest BCUT2D eigenvalue weighted by molar-refractivity contribution is 0.636. The maximum absolute atomic E-state index is 6.98. The van der Waals surface area contributed by atoms with Gasteiger partial charge in [0.2, 0.25) is 0 Å². The molecular weight excluding hydrogens is 711 g/mol. The number of hydrogen-bond donors (Lipinski definition) is 0. The molecule has 0 unspecified atom stereocenters. The van der Waals surface area contributed by atoms with Crippen LogP contribution in [0.5, 0.6) is 0 Å². The predicted molar refractivity (Wildman–Crippen MR) is 234 cm³/mol. The van der Waals surface area contributed by atoms with Crippen molar-refractivity contribution in [2.45, 2.75) is 0 Å². The first-order valence-corrected chi connectivity index (χ1v) is 19.3. The van der Waals surface area contributed by atoms with Crippen LogP contribution in [-0.2, 0) is 0 Å². The van der Waals surface area contributed by atoms with Crippen LogP contribution in [0.25, 0.3) is 106 Å². The van der Waals surface area contributed by atoms with Gasteiger partial charge < -0.3 is 8.98 Å². The molecule has 6 nitrogen and oxygen atoms in total. The molecule has 6 heteroatoms. The third kappa shape index (κ3) is 5.74. The average Bonchev–Trinajstić information content (AvgIpc) is 3.87. The molecule has 272 valence electrons. The molecule has 58 heavy (non-hydrogen) atoms. The van der Waals surface area contributed by atoms with E-state index >= 15 is 0 Å². The van der Waals surface area contributed by atoms with Gasteiger partial charge in [0, 0.05) is 69.1 Å². The van der Waals surface area contributed by atoms with Crippen molar-refractivity contribution in [2.24, 2.45) is 0 Å². The number of benzene rings is 6. The number of pyridine rings is 2. The van der Waals surface area contributed by atoms with Gasteiger partial charge in [0.1, 0.15) is 11.3 Å². The fourth-order valence-corrected chi connectivity index (χ4v) is 8.10. The Morgan fingerprint density at radius 2 is 0.948 bits per heavy atom. The molecule has 0 bridgehead atoms. The van der Waals surface area contributed by atoms with E-state index in [1.165, 1.54) is 0 Å². The van der Waals surface area contributed by atoms with Gasteiger partial charge in [-0.05, 0) is 89.5 Å². The summed E-state index contributed by atoms with van der Waals surface area (Å²) >= 11 is 0. The summed E-state index contributed by atoms with van der Waals surface area (Å²) in [4.78, 5) is 18.6. The number of para-hydroxylation sites is 1. The highest BCUT2D eigenvalue weighted by molar-refractivity contribution is 6.22. The smallest absolute Gasteiger partial charge is 0.160 e. The highest BCUT2D eigenvalue weighted by Gasteiger charge is 2.23. The van der Waals surface area contributed by atoms with Crippen molar-refractivity contribution in [1.82, 2.24) is 24.5 Å². The molecule has 0 spiro atoms. The molecule has 0 amide bonds. The van der Waals surface area contributed by atoms with Crippen LogP contribution in [-0.4, -0.2) is 24.5 Å². The van der Waals surface area contributed by atoms with Gasteiger partial charge in [0.25, 0.3) is 0 Å². The van der Waals surface area contributed by atoms with Crippen molar-refractivity contribution in [3.63, 3.8) is 0 Å². The van der Waals surface area contributed by atoms with Crippen LogP contribution in [0.3, 0.4) is 0 Å². The van der Waals surface area contributed by atoms with E-state index in [-0.39, 0.29) is 0 Å². The van der Waals surface area contributed by atoms with Crippen molar-refractivity contribution in [3.8, 4) is 73.2 Å². The predicted octanol–water partition coefficient (Wildman–Crippen LogP) is 13.1. The van der Waals surface area contributed by atoms with Crippen molar-refractivity contribution in [2.75, 3.05) is 0 Å². The maximum Gasteiger partial charge on any atom is 0.160 e. The Balaban J connectivity index is 1.04. The zero-order valence-electron chi connectivity index (χ0n) is 31.2. The molecule has 0 saturated heterocycles. The summed E-state index contributed by atoms with van der Waals surface area (Å²) in [5, 5.41) is 3.31. The number of aromatic nitrogens is 5. The number of fused-ring (bicyclic) bond motifs is 5. The van der Waals surface area contributed by atoms with Crippen LogP contribution in [0.2, 0.25) is 0 Å². The molecule has 6 aromatic carbocycles. The highest BCUT2D eigenvalue weighted by Crippen LogP contribution is 2.46. The number of furan rings is 1. The van der Waals surface area contributed by atoms with Crippen molar-refractivity contribution < 1.29 is 4.42 Å². The molecule has 0 radical (unpaired) electrons. The SMILES string of the molecule is c1ccc(-c2oc3c(ccc4c3c3ccccc3n4-c3ccc(-c4nc(-c5ccncc5)cc(-c5ccc(-c6ccncc6)cc5)n4)cc3)c2-c2ccccc2)cc1. The number of nitrogens with zero attached hydrogens (tertiary/aromatic N) is 5. The Morgan fingerprint density at radius 1 is 0.397 bits per heavy atom. The van der Waals surface area contributed by atoms with Crippen LogP contribution in [0.1, 0.15) is 0 Å². The van der Waals surface area contributed by atoms with Gasteiger partial charge in [0.15, 0.2) is 5.82 Å². The fourth-order valence-electron chi connectivity index (χ4n) is 8.10. The van der Waals surface area contributed by atoms with E-state index in [0.717, 1.165) is 100 Å². The molecule has 11 aromatic rings. The van der Waals surface area contributed by atoms with Gasteiger partial charge in [-0.2, -0.15) is 0 Å². The largest absolute Gasteiger partial charge is 0.455 e. The van der Waals surface area contributed by atoms with Crippen molar-refractivity contribution >= 4 is 32.8 Å². The van der Waals surface area contributed by atoms with Crippen LogP contribution in [0.15, 0.2) is 205 Å². The lowest BCUT2D eigenvalue weighted by Gasteiger charge is -2.11. The molecule has 5 heterocycles. The second kappa shape index (κ2) is 14.0. The van der Waals surface area contributed by atoms with Gasteiger partial charge >= 0.3 is 0 Å². The Kier molecular flexibility index (Phi) is 8.04. The third-order valence-electron chi connectivity index (χ3n) is 10.9. The van der Waals surface area contributed by atoms with Crippen LogP contribution in [0.4, 0.5) is 0 Å². The zero-order chi connectivity index (χ0) is 38.4. The van der Waals surface area contributed by atoms with Crippen molar-refractivity contribution in [1.29, 1.82) is 0 Å². The second-order valence-electron chi connectivity index (χ2n) is 14.3. The summed E-state index contributed by atoms with van der Waals surface area (Å²) in [6.45, 7) is 0. The summed E-state index contributed by atoms with van der Waals surface area (Å²) < 4.78 is 9.30. The first-order chi connectivity index (χ1) is 28.8. The molecule has 0 aliphatic carbocycles. The Labute approximate surface area is 334 Å². The minimum Gasteiger partial charge on any atom is -0.455 e. The van der Waals surface area contributed by atoms with Gasteiger partial charge in [-0.15, -0.1) is 0 Å². The zero-order valence-corrected chi connectivity index (χ0v) is 31.2. The summed E-state index contributed by atoms with van der Waals surface area (Å²) in [5.41, 5.74) is 14.2. The number of hydrogen-bond acceptors (Lipinski definition) is 5. The normalized spacial score (nSPS) is 11.4. The summed E-state index contributed by atoms with van der Waals surface area (Å²) in [6, 6.07) is 61.0. The van der Waals surface area contributed by atoms with Crippen molar-refractivity contribution in [3.05, 3.63) is 201 Å². The van der Waals surface area contributed by atoms with Gasteiger partial charge in [-0.1, -0.05) is 103 Å². The molecular formula is C52H33N5O. The van der Waals surface area contributed by atoms with E-state index < -0.39 is 0 Å². The molecule has 0 aliphatic rings. The molecule has 0 saturated carbocycles. The summed E-state index contributed by atoms with van der Waals surface area (Å²) in [7, 11) is 0. The average molecular weight is 744 g/mol. The topological polar surface area (TPSA) is 69.6 Å². The lowest BCUT2D eigenvalue weighted by Crippen LogP contribution is -1.97. The van der Waals surface area contributed by atoms with Gasteiger partial charge in [0.05, 0.1) is 27.8 Å². The first-order valence-electron chi connectivity index (χ1n) is 19.3. The summed E-state index contributed by atoms with van der Waals surface area (Å²) in [6.07, 6.45) is 7.22. The van der Waals surface area contributed by atoms with E-state index in [4.69, 9.17) is 14.4 Å². The van der Waals surface area contributed by atoms with Gasteiger partial charge in [-0.3, -0.25) is 9.97 Å². The van der Waals surface area contributed by atoms with Crippen LogP contribution in [0, 0.1) is 0 Å². The summed E-state index contributed by atoms with van der Waals surface area (Å²) in [5.74, 6) is 1.52. The standard InChI is InChI=1S/C52H33N5O/c1-3-9-38(10-4-1)48-43-23-24-47-49(51(43)58-50(48)39-11-5-2-6-12-39)42-13-7-8-14-46(42)57(47)41-21-19-40(20-22-41)52-55-44(33-45(56-52)37-27-31-54-32-28-37)36-17-15-34(16-18-36)35-25-29-53-30-26-35/h1-33H. The fraction of sp³-hybridized carbons (Fsp3) is 0. The van der Waals surface area contributed by atoms with E-state index in [2.05, 4.69) is 160 Å². The minimum atomic E-state index is 0.649. The lowest BCUT2D eigenvalue weighted by atomic mass is 9.98. The first kappa shape index (κ1) is 33.4. The quantitative estimate of drug-likeness (QED) is 0.163. The van der Waals surface area contributed by atoms with Crippen LogP contribution < -0.4 is 0 Å². The number of rotatable bonds is 7. The Morgan fingerprint density at radius 3 is 1.64 bits per heavy atom. The van der Waals surface area contributed by atoms with Gasteiger partial charge in [-0.25, -0.2) is 9.97 Å². The molecule has 0 fully saturated rings. The maximum atomic E-state index is 6.98. The van der Waals surface area contributed by atoms with E-state index in [9.17, 15) is 0 Å². The minimum absolute atomic E-state index is 0.649. The molecule has 0 aliphatic heterocycles. The molecule has 5 aromatic heterocycles. The highest BCUT2D eigenvalue weighted by atomic mass is 16.3. The van der Waals surface area contributed by atoms with Crippen LogP contribution >= 0.6 is 0 Å². The van der Waals surface area contributed by atoms with E-state index in [0.29, 0.717) is 5.82 Å². The molecule has 0 N–H and O–H groups in total. The second-order valence-corrected chi connectivity index (χ2v) is 14.3. The monoisotopic (exact) mass is 743 g/mol. The third-order valence-corrected chi connectivity index (χ3v) is 10.9. The van der Waals surface area contributed by atoms with E-state index in [1.54, 1.807) is 12.4 Å². The molecule has 0 atom stereocenters. The molecule has 11 rings (SSSR count). The van der Waals surface area contributed by atoms with E-state index in [1.807, 2.05) is 42.7 Å².